The van der Waals surface area contributed by atoms with E-state index >= 15 is 0 Å². The molecule has 2 aromatic rings. The molecule has 0 spiro atoms. The molecule has 0 saturated carbocycles. The van der Waals surface area contributed by atoms with E-state index in [0.29, 0.717) is 5.69 Å². The van der Waals surface area contributed by atoms with Crippen LogP contribution in [0.2, 0.25) is 0 Å². The Labute approximate surface area is 127 Å². The maximum absolute atomic E-state index is 13.1. The zero-order valence-electron chi connectivity index (χ0n) is 12.0. The minimum atomic E-state index is -0.373. The first-order valence-electron chi connectivity index (χ1n) is 6.74. The molecule has 1 aromatic heterocycles. The number of halogens is 1. The predicted molar refractivity (Wildman–Crippen MR) is 82.8 cm³/mol. The highest BCUT2D eigenvalue weighted by Crippen LogP contribution is 2.25. The van der Waals surface area contributed by atoms with E-state index in [-0.39, 0.29) is 23.8 Å². The van der Waals surface area contributed by atoms with Crippen LogP contribution >= 0.6 is 11.3 Å². The highest BCUT2D eigenvalue weighted by atomic mass is 32.1. The molecular weight excluding hydrogens is 289 g/mol. The fourth-order valence-corrected chi connectivity index (χ4v) is 2.74. The van der Waals surface area contributed by atoms with Gasteiger partial charge in [0.15, 0.2) is 0 Å². The van der Waals surface area contributed by atoms with Gasteiger partial charge in [-0.3, -0.25) is 10.1 Å². The number of thiazole rings is 1. The number of rotatable bonds is 6. The van der Waals surface area contributed by atoms with Crippen LogP contribution in [0.15, 0.2) is 35.8 Å². The van der Waals surface area contributed by atoms with Gasteiger partial charge in [-0.25, -0.2) is 9.37 Å². The van der Waals surface area contributed by atoms with Crippen LogP contribution in [-0.4, -0.2) is 17.4 Å². The van der Waals surface area contributed by atoms with Gasteiger partial charge in [-0.15, -0.1) is 11.3 Å². The first kappa shape index (κ1) is 15.6. The van der Waals surface area contributed by atoms with Gasteiger partial charge < -0.3 is 5.32 Å². The topological polar surface area (TPSA) is 54.0 Å². The lowest BCUT2D eigenvalue weighted by atomic mass is 10.00. The first-order valence-corrected chi connectivity index (χ1v) is 7.62. The summed E-state index contributed by atoms with van der Waals surface area (Å²) in [5, 5.41) is 8.75. The molecule has 2 N–H and O–H groups in total. The summed E-state index contributed by atoms with van der Waals surface area (Å²) in [5.74, 6) is -0.584. The summed E-state index contributed by atoms with van der Waals surface area (Å²) >= 11 is 1.56. The highest BCUT2D eigenvalue weighted by Gasteiger charge is 2.27. The zero-order valence-corrected chi connectivity index (χ0v) is 12.8. The van der Waals surface area contributed by atoms with Gasteiger partial charge in [-0.1, -0.05) is 13.0 Å². The molecule has 1 heterocycles. The molecule has 6 heteroatoms. The normalized spacial score (nSPS) is 13.7. The van der Waals surface area contributed by atoms with Gasteiger partial charge >= 0.3 is 0 Å². The van der Waals surface area contributed by atoms with Crippen molar-refractivity contribution >= 4 is 22.9 Å². The zero-order chi connectivity index (χ0) is 15.3. The van der Waals surface area contributed by atoms with Crippen LogP contribution in [-0.2, 0) is 10.3 Å². The molecule has 1 amide bonds. The number of aromatic nitrogens is 1. The summed E-state index contributed by atoms with van der Waals surface area (Å²) in [5.41, 5.74) is 0.113. The van der Waals surface area contributed by atoms with E-state index in [1.165, 1.54) is 12.1 Å². The van der Waals surface area contributed by atoms with Crippen LogP contribution in [0.4, 0.5) is 10.1 Å². The molecule has 1 atom stereocenters. The standard InChI is InChI=1S/C15H18FN3OS/c1-3-15(2,14-17-7-8-21-14)18-10-13(20)19-12-6-4-5-11(16)9-12/h4-9,18H,3,10H2,1-2H3,(H,19,20). The second kappa shape index (κ2) is 6.78. The molecule has 0 bridgehead atoms. The summed E-state index contributed by atoms with van der Waals surface area (Å²) in [4.78, 5) is 16.3. The maximum Gasteiger partial charge on any atom is 0.238 e. The molecule has 2 rings (SSSR count). The van der Waals surface area contributed by atoms with Gasteiger partial charge in [0.25, 0.3) is 0 Å². The van der Waals surface area contributed by atoms with Gasteiger partial charge in [0.1, 0.15) is 10.8 Å². The minimum Gasteiger partial charge on any atom is -0.325 e. The Hall–Kier alpha value is -1.79. The van der Waals surface area contributed by atoms with E-state index < -0.39 is 0 Å². The summed E-state index contributed by atoms with van der Waals surface area (Å²) in [6, 6.07) is 5.84. The fourth-order valence-electron chi connectivity index (χ4n) is 1.89. The summed E-state index contributed by atoms with van der Waals surface area (Å²) in [6.45, 7) is 4.20. The van der Waals surface area contributed by atoms with Crippen LogP contribution in [0, 0.1) is 5.82 Å². The van der Waals surface area contributed by atoms with Gasteiger partial charge in [0.05, 0.1) is 12.1 Å². The van der Waals surface area contributed by atoms with Crippen LogP contribution in [0.25, 0.3) is 0 Å². The number of hydrogen-bond acceptors (Lipinski definition) is 4. The van der Waals surface area contributed by atoms with E-state index in [9.17, 15) is 9.18 Å². The third-order valence-corrected chi connectivity index (χ3v) is 4.40. The third kappa shape index (κ3) is 4.09. The Morgan fingerprint density at radius 1 is 1.48 bits per heavy atom. The Balaban J connectivity index is 1.94. The smallest absolute Gasteiger partial charge is 0.238 e. The SMILES string of the molecule is CCC(C)(NCC(=O)Nc1cccc(F)c1)c1nccs1. The Morgan fingerprint density at radius 2 is 2.29 bits per heavy atom. The number of anilines is 1. The number of nitrogens with one attached hydrogen (secondary N) is 2. The molecule has 0 fully saturated rings. The van der Waals surface area contributed by atoms with Crippen LogP contribution in [0.3, 0.4) is 0 Å². The molecule has 0 aliphatic rings. The van der Waals surface area contributed by atoms with Crippen LogP contribution in [0.1, 0.15) is 25.3 Å². The quantitative estimate of drug-likeness (QED) is 0.862. The summed E-state index contributed by atoms with van der Waals surface area (Å²) < 4.78 is 13.1. The van der Waals surface area contributed by atoms with Crippen molar-refractivity contribution in [2.75, 3.05) is 11.9 Å². The molecule has 4 nitrogen and oxygen atoms in total. The number of benzene rings is 1. The van der Waals surface area contributed by atoms with Crippen molar-refractivity contribution in [1.29, 1.82) is 0 Å². The number of nitrogens with zero attached hydrogens (tertiary/aromatic N) is 1. The molecule has 0 aliphatic heterocycles. The van der Waals surface area contributed by atoms with Crippen LogP contribution < -0.4 is 10.6 Å². The fraction of sp³-hybridized carbons (Fsp3) is 0.333. The van der Waals surface area contributed by atoms with Gasteiger partial charge in [0, 0.05) is 17.3 Å². The molecular formula is C15H18FN3OS. The summed E-state index contributed by atoms with van der Waals surface area (Å²) in [6.07, 6.45) is 2.57. The molecule has 0 saturated heterocycles. The van der Waals surface area contributed by atoms with Crippen molar-refractivity contribution in [2.45, 2.75) is 25.8 Å². The lowest BCUT2D eigenvalue weighted by Crippen LogP contribution is -2.43. The molecule has 21 heavy (non-hydrogen) atoms. The number of carbonyl (C=O) groups excluding carboxylic acids is 1. The van der Waals surface area contributed by atoms with E-state index in [1.54, 1.807) is 29.7 Å². The second-order valence-electron chi connectivity index (χ2n) is 4.93. The monoisotopic (exact) mass is 307 g/mol. The van der Waals surface area contributed by atoms with E-state index in [0.717, 1.165) is 11.4 Å². The number of hydrogen-bond donors (Lipinski definition) is 2. The van der Waals surface area contributed by atoms with E-state index in [4.69, 9.17) is 0 Å². The Bertz CT molecular complexity index is 603. The average molecular weight is 307 g/mol. The lowest BCUT2D eigenvalue weighted by Gasteiger charge is -2.27. The van der Waals surface area contributed by atoms with Crippen molar-refractivity contribution in [1.82, 2.24) is 10.3 Å². The molecule has 1 unspecified atom stereocenters. The molecule has 0 radical (unpaired) electrons. The average Bonchev–Trinajstić information content (AvgIpc) is 2.99. The van der Waals surface area contributed by atoms with Gasteiger partial charge in [0.2, 0.25) is 5.91 Å². The second-order valence-corrected chi connectivity index (χ2v) is 5.83. The largest absolute Gasteiger partial charge is 0.325 e. The predicted octanol–water partition coefficient (Wildman–Crippen LogP) is 3.14. The van der Waals surface area contributed by atoms with Crippen molar-refractivity contribution in [3.8, 4) is 0 Å². The first-order chi connectivity index (χ1) is 10.0. The lowest BCUT2D eigenvalue weighted by molar-refractivity contribution is -0.115. The minimum absolute atomic E-state index is 0.139. The molecule has 1 aromatic carbocycles. The van der Waals surface area contributed by atoms with E-state index in [1.807, 2.05) is 19.2 Å². The number of amides is 1. The molecule has 112 valence electrons. The van der Waals surface area contributed by atoms with Crippen LogP contribution in [0.5, 0.6) is 0 Å². The van der Waals surface area contributed by atoms with E-state index in [2.05, 4.69) is 15.6 Å². The Morgan fingerprint density at radius 3 is 2.90 bits per heavy atom. The maximum atomic E-state index is 13.1. The summed E-state index contributed by atoms with van der Waals surface area (Å²) in [7, 11) is 0. The highest BCUT2D eigenvalue weighted by molar-refractivity contribution is 7.09. The molecule has 0 aliphatic carbocycles. The van der Waals surface area contributed by atoms with Crippen molar-refractivity contribution in [2.24, 2.45) is 0 Å². The van der Waals surface area contributed by atoms with Crippen molar-refractivity contribution < 1.29 is 9.18 Å². The Kier molecular flexibility index (Phi) is 5.03. The van der Waals surface area contributed by atoms with Gasteiger partial charge in [-0.05, 0) is 31.5 Å². The third-order valence-electron chi connectivity index (χ3n) is 3.36. The van der Waals surface area contributed by atoms with Gasteiger partial charge in [-0.2, -0.15) is 0 Å². The number of carbonyl (C=O) groups is 1. The van der Waals surface area contributed by atoms with Crippen molar-refractivity contribution in [3.63, 3.8) is 0 Å². The van der Waals surface area contributed by atoms with Crippen molar-refractivity contribution in [3.05, 3.63) is 46.7 Å².